The van der Waals surface area contributed by atoms with Crippen molar-refractivity contribution in [1.29, 1.82) is 0 Å². The van der Waals surface area contributed by atoms with Crippen molar-refractivity contribution in [2.24, 2.45) is 0 Å². The summed E-state index contributed by atoms with van der Waals surface area (Å²) in [5.74, 6) is 1.49. The number of benzene rings is 1. The molecular weight excluding hydrogens is 304 g/mol. The summed E-state index contributed by atoms with van der Waals surface area (Å²) >= 11 is 0. The number of likely N-dealkylation sites (tertiary alicyclic amines) is 1. The summed E-state index contributed by atoms with van der Waals surface area (Å²) in [6.07, 6.45) is 5.44. The van der Waals surface area contributed by atoms with Crippen LogP contribution in [0.2, 0.25) is 0 Å². The Morgan fingerprint density at radius 1 is 1.29 bits per heavy atom. The molecule has 1 aliphatic carbocycles. The van der Waals surface area contributed by atoms with Gasteiger partial charge in [0.2, 0.25) is 0 Å². The Balaban J connectivity index is 1.45. The zero-order valence-electron chi connectivity index (χ0n) is 14.1. The number of amides is 1. The highest BCUT2D eigenvalue weighted by atomic mass is 16.5. The van der Waals surface area contributed by atoms with E-state index in [4.69, 9.17) is 4.74 Å². The second-order valence-corrected chi connectivity index (χ2v) is 6.78. The molecule has 0 spiro atoms. The Labute approximate surface area is 141 Å². The van der Waals surface area contributed by atoms with E-state index < -0.39 is 0 Å². The van der Waals surface area contributed by atoms with E-state index >= 15 is 0 Å². The van der Waals surface area contributed by atoms with Crippen LogP contribution in [0.25, 0.3) is 0 Å². The van der Waals surface area contributed by atoms with E-state index in [1.807, 2.05) is 34.7 Å². The van der Waals surface area contributed by atoms with Gasteiger partial charge in [0.15, 0.2) is 0 Å². The lowest BCUT2D eigenvalue weighted by atomic mass is 10.1. The van der Waals surface area contributed by atoms with Crippen molar-refractivity contribution >= 4 is 5.91 Å². The van der Waals surface area contributed by atoms with Crippen molar-refractivity contribution in [3.63, 3.8) is 0 Å². The van der Waals surface area contributed by atoms with Crippen LogP contribution >= 0.6 is 0 Å². The molecule has 1 saturated carbocycles. The van der Waals surface area contributed by atoms with Crippen LogP contribution in [-0.2, 0) is 0 Å². The van der Waals surface area contributed by atoms with E-state index in [-0.39, 0.29) is 11.9 Å². The third-order valence-electron chi connectivity index (χ3n) is 4.99. The zero-order chi connectivity index (χ0) is 16.7. The van der Waals surface area contributed by atoms with Gasteiger partial charge in [-0.3, -0.25) is 4.79 Å². The third-order valence-corrected chi connectivity index (χ3v) is 4.99. The lowest BCUT2D eigenvalue weighted by Gasteiger charge is -2.17. The minimum Gasteiger partial charge on any atom is -0.496 e. The molecule has 6 nitrogen and oxygen atoms in total. The molecule has 0 radical (unpaired) electrons. The summed E-state index contributed by atoms with van der Waals surface area (Å²) < 4.78 is 7.21. The first-order chi connectivity index (χ1) is 11.7. The van der Waals surface area contributed by atoms with Crippen molar-refractivity contribution in [3.05, 3.63) is 41.2 Å². The van der Waals surface area contributed by atoms with E-state index in [1.54, 1.807) is 7.11 Å². The Bertz CT molecular complexity index is 766. The number of hydrogen-bond donors (Lipinski definition) is 0. The number of aromatic nitrogens is 3. The summed E-state index contributed by atoms with van der Waals surface area (Å²) in [4.78, 5) is 14.6. The maximum atomic E-state index is 12.7. The number of carbonyl (C=O) groups is 1. The highest BCUT2D eigenvalue weighted by Crippen LogP contribution is 2.39. The number of carbonyl (C=O) groups excluding carboxylic acids is 1. The molecule has 126 valence electrons. The molecule has 2 fully saturated rings. The zero-order valence-corrected chi connectivity index (χ0v) is 14.1. The lowest BCUT2D eigenvalue weighted by Crippen LogP contribution is -2.29. The largest absolute Gasteiger partial charge is 0.496 e. The van der Waals surface area contributed by atoms with Gasteiger partial charge in [0.05, 0.1) is 18.8 Å². The normalized spacial score (nSPS) is 20.4. The van der Waals surface area contributed by atoms with Crippen LogP contribution in [0.3, 0.4) is 0 Å². The van der Waals surface area contributed by atoms with Gasteiger partial charge in [0.25, 0.3) is 5.91 Å². The molecule has 24 heavy (non-hydrogen) atoms. The highest BCUT2D eigenvalue weighted by Gasteiger charge is 2.31. The number of ether oxygens (including phenoxy) is 1. The molecule has 2 aliphatic rings. The van der Waals surface area contributed by atoms with Gasteiger partial charge in [-0.05, 0) is 49.9 Å². The highest BCUT2D eigenvalue weighted by molar-refractivity contribution is 5.94. The predicted molar refractivity (Wildman–Crippen MR) is 89.3 cm³/mol. The number of hydrogen-bond acceptors (Lipinski definition) is 4. The quantitative estimate of drug-likeness (QED) is 0.866. The van der Waals surface area contributed by atoms with Crippen molar-refractivity contribution in [1.82, 2.24) is 19.9 Å². The first kappa shape index (κ1) is 15.2. The Morgan fingerprint density at radius 2 is 2.12 bits per heavy atom. The summed E-state index contributed by atoms with van der Waals surface area (Å²) in [5, 5.41) is 8.55. The van der Waals surface area contributed by atoms with Gasteiger partial charge in [0, 0.05) is 30.8 Å². The average Bonchev–Trinajstić information content (AvgIpc) is 3.12. The standard InChI is InChI=1S/C18H22N4O2/c1-12-9-14(5-6-17(12)24-2)18(23)21-8-7-15(10-21)22-11-16(19-20-22)13-3-4-13/h5-6,9,11,13,15H,3-4,7-8,10H2,1-2H3. The molecule has 1 unspecified atom stereocenters. The topological polar surface area (TPSA) is 60.2 Å². The maximum absolute atomic E-state index is 12.7. The molecule has 0 N–H and O–H groups in total. The SMILES string of the molecule is COc1ccc(C(=O)N2CCC(n3cc(C4CC4)nn3)C2)cc1C. The lowest BCUT2D eigenvalue weighted by molar-refractivity contribution is 0.0787. The molecule has 1 atom stereocenters. The summed E-state index contributed by atoms with van der Waals surface area (Å²) in [6, 6.07) is 5.82. The van der Waals surface area contributed by atoms with E-state index in [2.05, 4.69) is 16.5 Å². The maximum Gasteiger partial charge on any atom is 0.253 e. The van der Waals surface area contributed by atoms with Crippen LogP contribution in [-0.4, -0.2) is 46.0 Å². The monoisotopic (exact) mass is 326 g/mol. The van der Waals surface area contributed by atoms with Crippen molar-refractivity contribution in [2.75, 3.05) is 20.2 Å². The fourth-order valence-electron chi connectivity index (χ4n) is 3.37. The molecule has 1 aliphatic heterocycles. The molecule has 1 saturated heterocycles. The van der Waals surface area contributed by atoms with E-state index in [0.29, 0.717) is 18.0 Å². The Morgan fingerprint density at radius 3 is 2.83 bits per heavy atom. The van der Waals surface area contributed by atoms with Crippen LogP contribution in [0.5, 0.6) is 5.75 Å². The van der Waals surface area contributed by atoms with Crippen LogP contribution in [0.1, 0.15) is 52.8 Å². The Kier molecular flexibility index (Phi) is 3.75. The molecule has 0 bridgehead atoms. The van der Waals surface area contributed by atoms with Gasteiger partial charge in [-0.15, -0.1) is 5.10 Å². The number of rotatable bonds is 4. The molecule has 1 amide bonds. The fourth-order valence-corrected chi connectivity index (χ4v) is 3.37. The second-order valence-electron chi connectivity index (χ2n) is 6.78. The number of methoxy groups -OCH3 is 1. The van der Waals surface area contributed by atoms with Gasteiger partial charge in [-0.1, -0.05) is 5.21 Å². The minimum absolute atomic E-state index is 0.0748. The molecule has 2 heterocycles. The molecule has 4 rings (SSSR count). The van der Waals surface area contributed by atoms with E-state index in [1.165, 1.54) is 12.8 Å². The number of nitrogens with zero attached hydrogens (tertiary/aromatic N) is 4. The summed E-state index contributed by atoms with van der Waals surface area (Å²) in [5.41, 5.74) is 2.79. The van der Waals surface area contributed by atoms with Crippen LogP contribution in [0.15, 0.2) is 24.4 Å². The summed E-state index contributed by atoms with van der Waals surface area (Å²) in [7, 11) is 1.64. The predicted octanol–water partition coefficient (Wildman–Crippen LogP) is 2.56. The molecule has 6 heteroatoms. The van der Waals surface area contributed by atoms with Crippen molar-refractivity contribution < 1.29 is 9.53 Å². The van der Waals surface area contributed by atoms with Gasteiger partial charge < -0.3 is 9.64 Å². The van der Waals surface area contributed by atoms with Crippen LogP contribution in [0.4, 0.5) is 0 Å². The van der Waals surface area contributed by atoms with Gasteiger partial charge in [-0.25, -0.2) is 4.68 Å². The Hall–Kier alpha value is -2.37. The second kappa shape index (κ2) is 5.92. The van der Waals surface area contributed by atoms with Crippen molar-refractivity contribution in [2.45, 2.75) is 38.1 Å². The van der Waals surface area contributed by atoms with Gasteiger partial charge in [0.1, 0.15) is 5.75 Å². The average molecular weight is 326 g/mol. The van der Waals surface area contributed by atoms with Gasteiger partial charge >= 0.3 is 0 Å². The van der Waals surface area contributed by atoms with Crippen LogP contribution in [0, 0.1) is 6.92 Å². The molecule has 1 aromatic carbocycles. The molecular formula is C18H22N4O2. The third kappa shape index (κ3) is 2.77. The summed E-state index contributed by atoms with van der Waals surface area (Å²) in [6.45, 7) is 3.40. The van der Waals surface area contributed by atoms with Crippen molar-refractivity contribution in [3.8, 4) is 5.75 Å². The molecule has 2 aromatic rings. The van der Waals surface area contributed by atoms with E-state index in [9.17, 15) is 4.79 Å². The molecule has 1 aromatic heterocycles. The number of aryl methyl sites for hydroxylation is 1. The first-order valence-corrected chi connectivity index (χ1v) is 8.51. The van der Waals surface area contributed by atoms with Crippen LogP contribution < -0.4 is 4.74 Å². The smallest absolute Gasteiger partial charge is 0.253 e. The van der Waals surface area contributed by atoms with E-state index in [0.717, 1.165) is 30.0 Å². The van der Waals surface area contributed by atoms with Gasteiger partial charge in [-0.2, -0.15) is 0 Å². The first-order valence-electron chi connectivity index (χ1n) is 8.51. The minimum atomic E-state index is 0.0748. The fraction of sp³-hybridized carbons (Fsp3) is 0.500.